The van der Waals surface area contributed by atoms with Crippen molar-refractivity contribution in [1.29, 1.82) is 0 Å². The van der Waals surface area contributed by atoms with Crippen LogP contribution in [0.5, 0.6) is 0 Å². The summed E-state index contributed by atoms with van der Waals surface area (Å²) < 4.78 is 5.23. The Morgan fingerprint density at radius 1 is 1.33 bits per heavy atom. The number of hydroxylamine groups is 2. The van der Waals surface area contributed by atoms with Crippen LogP contribution in [-0.2, 0) is 9.57 Å². The summed E-state index contributed by atoms with van der Waals surface area (Å²) in [4.78, 5) is 7.65. The minimum atomic E-state index is 0.771. The molecule has 1 aliphatic heterocycles. The van der Waals surface area contributed by atoms with Gasteiger partial charge in [0.2, 0.25) is 0 Å². The third-order valence-electron chi connectivity index (χ3n) is 1.86. The minimum Gasteiger partial charge on any atom is -0.379 e. The number of hydrogen-bond acceptors (Lipinski definition) is 4. The minimum absolute atomic E-state index is 0.771. The molecule has 0 unspecified atom stereocenters. The number of nitrogens with zero attached hydrogens (tertiary/aromatic N) is 2. The average Bonchev–Trinajstić information content (AvgIpc) is 2.05. The largest absolute Gasteiger partial charge is 0.379 e. The van der Waals surface area contributed by atoms with E-state index in [1.54, 1.807) is 5.06 Å². The van der Waals surface area contributed by atoms with Crippen molar-refractivity contribution in [3.63, 3.8) is 0 Å². The van der Waals surface area contributed by atoms with Crippen molar-refractivity contribution in [2.45, 2.75) is 0 Å². The number of rotatable bonds is 4. The quantitative estimate of drug-likeness (QED) is 0.552. The van der Waals surface area contributed by atoms with Gasteiger partial charge in [-0.15, -0.1) is 0 Å². The summed E-state index contributed by atoms with van der Waals surface area (Å²) in [7, 11) is 3.80. The number of hydrogen-bond donors (Lipinski definition) is 0. The molecule has 72 valence electrons. The van der Waals surface area contributed by atoms with Crippen LogP contribution < -0.4 is 0 Å². The molecule has 0 saturated carbocycles. The first-order valence-electron chi connectivity index (χ1n) is 4.39. The molecular weight excluding hydrogens is 156 g/mol. The van der Waals surface area contributed by atoms with Crippen molar-refractivity contribution >= 4 is 0 Å². The zero-order chi connectivity index (χ0) is 8.81. The SMILES string of the molecule is CN(C)OCCN1CCOCC1. The maximum absolute atomic E-state index is 5.30. The molecule has 0 N–H and O–H groups in total. The molecule has 0 amide bonds. The number of morpholine rings is 1. The smallest absolute Gasteiger partial charge is 0.0811 e. The highest BCUT2D eigenvalue weighted by Crippen LogP contribution is 1.95. The van der Waals surface area contributed by atoms with Crippen molar-refractivity contribution in [2.24, 2.45) is 0 Å². The molecule has 0 spiro atoms. The Bertz CT molecular complexity index is 114. The summed E-state index contributed by atoms with van der Waals surface area (Å²) in [6.07, 6.45) is 0. The van der Waals surface area contributed by atoms with Gasteiger partial charge >= 0.3 is 0 Å². The van der Waals surface area contributed by atoms with E-state index in [-0.39, 0.29) is 0 Å². The molecule has 0 aliphatic carbocycles. The monoisotopic (exact) mass is 174 g/mol. The molecule has 1 fully saturated rings. The van der Waals surface area contributed by atoms with Crippen LogP contribution in [0.3, 0.4) is 0 Å². The predicted octanol–water partition coefficient (Wildman–Crippen LogP) is -0.188. The Balaban J connectivity index is 1.98. The van der Waals surface area contributed by atoms with Gasteiger partial charge in [0, 0.05) is 33.7 Å². The van der Waals surface area contributed by atoms with E-state index in [1.807, 2.05) is 14.1 Å². The van der Waals surface area contributed by atoms with Crippen molar-refractivity contribution in [2.75, 3.05) is 53.6 Å². The van der Waals surface area contributed by atoms with Crippen molar-refractivity contribution in [1.82, 2.24) is 9.96 Å². The molecule has 0 aromatic heterocycles. The summed E-state index contributed by atoms with van der Waals surface area (Å²) in [5.74, 6) is 0. The molecular formula is C8H18N2O2. The highest BCUT2D eigenvalue weighted by Gasteiger charge is 2.09. The maximum Gasteiger partial charge on any atom is 0.0811 e. The predicted molar refractivity (Wildman–Crippen MR) is 46.9 cm³/mol. The molecule has 0 radical (unpaired) electrons. The normalized spacial score (nSPS) is 20.2. The summed E-state index contributed by atoms with van der Waals surface area (Å²) in [6.45, 7) is 5.58. The first-order chi connectivity index (χ1) is 5.79. The molecule has 1 heterocycles. The van der Waals surface area contributed by atoms with Gasteiger partial charge < -0.3 is 4.74 Å². The fourth-order valence-corrected chi connectivity index (χ4v) is 1.18. The van der Waals surface area contributed by atoms with E-state index in [0.29, 0.717) is 0 Å². The van der Waals surface area contributed by atoms with Crippen molar-refractivity contribution in [3.05, 3.63) is 0 Å². The van der Waals surface area contributed by atoms with Gasteiger partial charge in [0.05, 0.1) is 19.8 Å². The number of ether oxygens (including phenoxy) is 1. The molecule has 1 aliphatic rings. The Morgan fingerprint density at radius 2 is 2.00 bits per heavy atom. The highest BCUT2D eigenvalue weighted by molar-refractivity contribution is 4.60. The zero-order valence-corrected chi connectivity index (χ0v) is 7.95. The van der Waals surface area contributed by atoms with Gasteiger partial charge in [0.15, 0.2) is 0 Å². The van der Waals surface area contributed by atoms with Gasteiger partial charge in [-0.25, -0.2) is 0 Å². The van der Waals surface area contributed by atoms with Crippen LogP contribution in [0, 0.1) is 0 Å². The van der Waals surface area contributed by atoms with E-state index in [2.05, 4.69) is 4.90 Å². The fourth-order valence-electron chi connectivity index (χ4n) is 1.18. The van der Waals surface area contributed by atoms with E-state index in [0.717, 1.165) is 39.5 Å². The first kappa shape index (κ1) is 9.92. The molecule has 0 bridgehead atoms. The lowest BCUT2D eigenvalue weighted by Gasteiger charge is -2.26. The third-order valence-corrected chi connectivity index (χ3v) is 1.86. The van der Waals surface area contributed by atoms with E-state index < -0.39 is 0 Å². The van der Waals surface area contributed by atoms with Gasteiger partial charge in [-0.1, -0.05) is 0 Å². The molecule has 4 heteroatoms. The van der Waals surface area contributed by atoms with Crippen LogP contribution in [0.4, 0.5) is 0 Å². The van der Waals surface area contributed by atoms with Crippen LogP contribution >= 0.6 is 0 Å². The van der Waals surface area contributed by atoms with Gasteiger partial charge in [0.25, 0.3) is 0 Å². The van der Waals surface area contributed by atoms with Crippen LogP contribution in [-0.4, -0.2) is 63.5 Å². The Kier molecular flexibility index (Phi) is 4.53. The lowest BCUT2D eigenvalue weighted by atomic mass is 10.4. The Hall–Kier alpha value is -0.160. The summed E-state index contributed by atoms with van der Waals surface area (Å²) in [6, 6.07) is 0. The van der Waals surface area contributed by atoms with Crippen LogP contribution in [0.2, 0.25) is 0 Å². The molecule has 12 heavy (non-hydrogen) atoms. The van der Waals surface area contributed by atoms with Crippen LogP contribution in [0.15, 0.2) is 0 Å². The van der Waals surface area contributed by atoms with Crippen molar-refractivity contribution in [3.8, 4) is 0 Å². The van der Waals surface area contributed by atoms with Gasteiger partial charge in [-0.2, -0.15) is 5.06 Å². The third kappa shape index (κ3) is 4.01. The van der Waals surface area contributed by atoms with E-state index in [4.69, 9.17) is 9.57 Å². The summed E-state index contributed by atoms with van der Waals surface area (Å²) >= 11 is 0. The first-order valence-corrected chi connectivity index (χ1v) is 4.39. The molecule has 0 atom stereocenters. The van der Waals surface area contributed by atoms with E-state index in [9.17, 15) is 0 Å². The van der Waals surface area contributed by atoms with E-state index in [1.165, 1.54) is 0 Å². The second-order valence-corrected chi connectivity index (χ2v) is 3.10. The highest BCUT2D eigenvalue weighted by atomic mass is 16.7. The van der Waals surface area contributed by atoms with Crippen LogP contribution in [0.25, 0.3) is 0 Å². The molecule has 0 aromatic rings. The molecule has 4 nitrogen and oxygen atoms in total. The Labute approximate surface area is 74.0 Å². The lowest BCUT2D eigenvalue weighted by molar-refractivity contribution is -0.126. The molecule has 1 rings (SSSR count). The second-order valence-electron chi connectivity index (χ2n) is 3.10. The average molecular weight is 174 g/mol. The van der Waals surface area contributed by atoms with Gasteiger partial charge in [-0.3, -0.25) is 9.74 Å². The van der Waals surface area contributed by atoms with Gasteiger partial charge in [0.1, 0.15) is 0 Å². The Morgan fingerprint density at radius 3 is 2.58 bits per heavy atom. The standard InChI is InChI=1S/C8H18N2O2/c1-9(2)12-8-5-10-3-6-11-7-4-10/h3-8H2,1-2H3. The fraction of sp³-hybridized carbons (Fsp3) is 1.00. The second kappa shape index (κ2) is 5.48. The molecule has 1 saturated heterocycles. The zero-order valence-electron chi connectivity index (χ0n) is 7.95. The summed E-state index contributed by atoms with van der Waals surface area (Å²) in [5.41, 5.74) is 0. The topological polar surface area (TPSA) is 24.9 Å². The maximum atomic E-state index is 5.30. The molecule has 0 aromatic carbocycles. The van der Waals surface area contributed by atoms with Gasteiger partial charge in [-0.05, 0) is 0 Å². The van der Waals surface area contributed by atoms with E-state index >= 15 is 0 Å². The van der Waals surface area contributed by atoms with Crippen LogP contribution in [0.1, 0.15) is 0 Å². The van der Waals surface area contributed by atoms with Crippen molar-refractivity contribution < 1.29 is 9.57 Å². The summed E-state index contributed by atoms with van der Waals surface area (Å²) in [5, 5.41) is 1.74. The lowest BCUT2D eigenvalue weighted by Crippen LogP contribution is -2.38.